The number of carbonyl (C=O) groups excluding carboxylic acids is 2. The fraction of sp³-hybridized carbons (Fsp3) is 0.304. The van der Waals surface area contributed by atoms with Gasteiger partial charge in [0, 0.05) is 33.5 Å². The number of amides is 2. The molecule has 1 heterocycles. The van der Waals surface area contributed by atoms with Crippen molar-refractivity contribution in [3.05, 3.63) is 73.3 Å². The number of halogens is 1. The lowest BCUT2D eigenvalue weighted by molar-refractivity contribution is -0.385. The number of hydrogen-bond donors (Lipinski definition) is 2. The minimum absolute atomic E-state index is 0.0638. The number of nitrogens with zero attached hydrogens (tertiary/aromatic N) is 3. The molecule has 0 spiro atoms. The van der Waals surface area contributed by atoms with Crippen molar-refractivity contribution in [2.45, 2.75) is 19.4 Å². The van der Waals surface area contributed by atoms with Gasteiger partial charge in [0.2, 0.25) is 0 Å². The molecule has 0 saturated heterocycles. The van der Waals surface area contributed by atoms with Crippen LogP contribution in [0.25, 0.3) is 0 Å². The summed E-state index contributed by atoms with van der Waals surface area (Å²) in [5.74, 6) is -2.36. The quantitative estimate of drug-likeness (QED) is 0.144. The average molecular weight is 578 g/mol. The van der Waals surface area contributed by atoms with Crippen LogP contribution in [0.15, 0.2) is 53.5 Å². The van der Waals surface area contributed by atoms with Gasteiger partial charge in [-0.2, -0.15) is 0 Å². The molecule has 178 valence electrons. The molecule has 0 aliphatic carbocycles. The number of hydrogen-bond acceptors (Lipinski definition) is 6. The van der Waals surface area contributed by atoms with Crippen molar-refractivity contribution in [1.82, 2.24) is 10.2 Å². The molecule has 2 aromatic rings. The standard InChI is InChI=1S/C23H23IN4O6/c1-14-20(22(30)31)21(16-4-2-5-18(12-16)28(33)34)27(23(32)26-14)11-3-10-25-13-19(29)15-6-8-17(24)9-7-15/h2,4-9,12,20-21,25H,3,10-11,13H2,1H3,(H,30,31). The number of ketones is 1. The summed E-state index contributed by atoms with van der Waals surface area (Å²) >= 11 is 2.16. The molecule has 1 aliphatic heterocycles. The van der Waals surface area contributed by atoms with Gasteiger partial charge >= 0.3 is 12.0 Å². The molecule has 2 atom stereocenters. The van der Waals surface area contributed by atoms with E-state index in [1.54, 1.807) is 18.2 Å². The monoisotopic (exact) mass is 578 g/mol. The van der Waals surface area contributed by atoms with E-state index in [0.29, 0.717) is 24.1 Å². The number of nitrogens with one attached hydrogen (secondary N) is 1. The molecule has 3 rings (SSSR count). The van der Waals surface area contributed by atoms with Crippen molar-refractivity contribution in [2.24, 2.45) is 10.9 Å². The highest BCUT2D eigenvalue weighted by atomic mass is 127. The summed E-state index contributed by atoms with van der Waals surface area (Å²) in [5.41, 5.74) is 0.904. The smallest absolute Gasteiger partial charge is 0.344 e. The van der Waals surface area contributed by atoms with Crippen LogP contribution in [0.3, 0.4) is 0 Å². The van der Waals surface area contributed by atoms with Crippen molar-refractivity contribution in [3.63, 3.8) is 0 Å². The highest BCUT2D eigenvalue weighted by molar-refractivity contribution is 14.1. The molecule has 2 aromatic carbocycles. The number of non-ortho nitro benzene ring substituents is 1. The Hall–Kier alpha value is -3.19. The number of benzene rings is 2. The van der Waals surface area contributed by atoms with Crippen molar-refractivity contribution >= 4 is 51.8 Å². The van der Waals surface area contributed by atoms with E-state index in [-0.39, 0.29) is 30.3 Å². The molecule has 0 bridgehead atoms. The van der Waals surface area contributed by atoms with Crippen LogP contribution < -0.4 is 5.32 Å². The number of rotatable bonds is 10. The Bertz CT molecular complexity index is 1130. The first kappa shape index (κ1) is 25.4. The molecule has 2 amide bonds. The predicted molar refractivity (Wildman–Crippen MR) is 133 cm³/mol. The summed E-state index contributed by atoms with van der Waals surface area (Å²) in [6.45, 7) is 2.16. The van der Waals surface area contributed by atoms with Crippen molar-refractivity contribution < 1.29 is 24.4 Å². The number of aliphatic imine (C=N–C) groups is 1. The number of nitro benzene ring substituents is 1. The third-order valence-corrected chi connectivity index (χ3v) is 6.23. The molecule has 2 N–H and O–H groups in total. The normalized spacial score (nSPS) is 17.9. The van der Waals surface area contributed by atoms with Crippen molar-refractivity contribution in [1.29, 1.82) is 0 Å². The van der Waals surface area contributed by atoms with E-state index in [4.69, 9.17) is 0 Å². The van der Waals surface area contributed by atoms with Crippen LogP contribution in [0.4, 0.5) is 10.5 Å². The largest absolute Gasteiger partial charge is 0.481 e. The van der Waals surface area contributed by atoms with E-state index < -0.39 is 28.9 Å². The van der Waals surface area contributed by atoms with E-state index in [2.05, 4.69) is 32.9 Å². The second kappa shape index (κ2) is 11.3. The molecule has 0 radical (unpaired) electrons. The topological polar surface area (TPSA) is 142 Å². The lowest BCUT2D eigenvalue weighted by Gasteiger charge is -2.37. The van der Waals surface area contributed by atoms with Gasteiger partial charge < -0.3 is 15.3 Å². The number of Topliss-reactive ketones (excluding diaryl/α,β-unsaturated/α-hetero) is 1. The molecule has 11 heteroatoms. The second-order valence-electron chi connectivity index (χ2n) is 7.80. The summed E-state index contributed by atoms with van der Waals surface area (Å²) in [6.07, 6.45) is 0.429. The zero-order valence-electron chi connectivity index (χ0n) is 18.3. The van der Waals surface area contributed by atoms with Gasteiger partial charge in [-0.1, -0.05) is 24.3 Å². The molecular formula is C23H23IN4O6. The Morgan fingerprint density at radius 2 is 1.94 bits per heavy atom. The van der Waals surface area contributed by atoms with Crippen LogP contribution in [-0.2, 0) is 4.79 Å². The van der Waals surface area contributed by atoms with Crippen LogP contribution in [0, 0.1) is 19.6 Å². The Kier molecular flexibility index (Phi) is 8.45. The summed E-state index contributed by atoms with van der Waals surface area (Å²) < 4.78 is 1.03. The number of urea groups is 1. The maximum atomic E-state index is 12.7. The van der Waals surface area contributed by atoms with Gasteiger partial charge in [-0.15, -0.1) is 0 Å². The number of carbonyl (C=O) groups is 3. The Labute approximate surface area is 209 Å². The van der Waals surface area contributed by atoms with E-state index in [1.165, 1.54) is 30.0 Å². The highest BCUT2D eigenvalue weighted by Gasteiger charge is 2.42. The number of carboxylic acids is 1. The van der Waals surface area contributed by atoms with E-state index in [1.807, 2.05) is 12.1 Å². The number of aliphatic carboxylic acids is 1. The number of nitro groups is 1. The summed E-state index contributed by atoms with van der Waals surface area (Å²) in [7, 11) is 0. The third kappa shape index (κ3) is 6.03. The van der Waals surface area contributed by atoms with E-state index >= 15 is 0 Å². The van der Waals surface area contributed by atoms with Crippen LogP contribution >= 0.6 is 22.6 Å². The molecule has 0 saturated carbocycles. The summed E-state index contributed by atoms with van der Waals surface area (Å²) in [6, 6.07) is 11.3. The van der Waals surface area contributed by atoms with Gasteiger partial charge in [0.25, 0.3) is 5.69 Å². The zero-order valence-corrected chi connectivity index (χ0v) is 20.5. The Morgan fingerprint density at radius 1 is 1.24 bits per heavy atom. The highest BCUT2D eigenvalue weighted by Crippen LogP contribution is 2.35. The first-order chi connectivity index (χ1) is 16.2. The zero-order chi connectivity index (χ0) is 24.8. The lowest BCUT2D eigenvalue weighted by atomic mass is 9.86. The molecule has 0 fully saturated rings. The van der Waals surface area contributed by atoms with Gasteiger partial charge in [0.15, 0.2) is 5.78 Å². The van der Waals surface area contributed by atoms with Gasteiger partial charge in [0.1, 0.15) is 5.92 Å². The molecular weight excluding hydrogens is 555 g/mol. The second-order valence-corrected chi connectivity index (χ2v) is 9.05. The van der Waals surface area contributed by atoms with Crippen molar-refractivity contribution in [2.75, 3.05) is 19.6 Å². The summed E-state index contributed by atoms with van der Waals surface area (Å²) in [4.78, 5) is 52.9. The molecule has 10 nitrogen and oxygen atoms in total. The van der Waals surface area contributed by atoms with Gasteiger partial charge in [-0.3, -0.25) is 19.7 Å². The lowest BCUT2D eigenvalue weighted by Crippen LogP contribution is -2.47. The minimum Gasteiger partial charge on any atom is -0.481 e. The van der Waals surface area contributed by atoms with Crippen molar-refractivity contribution in [3.8, 4) is 0 Å². The minimum atomic E-state index is -1.17. The van der Waals surface area contributed by atoms with Gasteiger partial charge in [-0.05, 0) is 60.2 Å². The van der Waals surface area contributed by atoms with Gasteiger partial charge in [-0.25, -0.2) is 9.79 Å². The maximum Gasteiger partial charge on any atom is 0.344 e. The molecule has 1 aliphatic rings. The molecule has 0 aromatic heterocycles. The maximum absolute atomic E-state index is 12.7. The fourth-order valence-electron chi connectivity index (χ4n) is 3.87. The SMILES string of the molecule is CC1=NC(=O)N(CCCNCC(=O)c2ccc(I)cc2)C(c2cccc([N+](=O)[O-])c2)C1C(=O)O. The average Bonchev–Trinajstić information content (AvgIpc) is 2.79. The van der Waals surface area contributed by atoms with E-state index in [0.717, 1.165) is 3.57 Å². The summed E-state index contributed by atoms with van der Waals surface area (Å²) in [5, 5.41) is 24.1. The Morgan fingerprint density at radius 3 is 2.59 bits per heavy atom. The Balaban J connectivity index is 1.70. The number of carboxylic acid groups (broad SMARTS) is 1. The van der Waals surface area contributed by atoms with Crippen LogP contribution in [0.5, 0.6) is 0 Å². The molecule has 34 heavy (non-hydrogen) atoms. The molecule has 2 unspecified atom stereocenters. The van der Waals surface area contributed by atoms with E-state index in [9.17, 15) is 29.6 Å². The van der Waals surface area contributed by atoms with Gasteiger partial charge in [0.05, 0.1) is 17.5 Å². The first-order valence-corrected chi connectivity index (χ1v) is 11.6. The van der Waals surface area contributed by atoms with Crippen LogP contribution in [0.1, 0.15) is 35.3 Å². The van der Waals surface area contributed by atoms with Crippen LogP contribution in [-0.4, -0.2) is 58.1 Å². The fourth-order valence-corrected chi connectivity index (χ4v) is 4.23. The third-order valence-electron chi connectivity index (χ3n) is 5.51. The predicted octanol–water partition coefficient (Wildman–Crippen LogP) is 3.70. The van der Waals surface area contributed by atoms with Crippen LogP contribution in [0.2, 0.25) is 0 Å². The first-order valence-electron chi connectivity index (χ1n) is 10.5.